The average Bonchev–Trinajstić information content (AvgIpc) is 2.74. The number of carboxylic acid groups (broad SMARTS) is 1. The second-order valence-corrected chi connectivity index (χ2v) is 9.07. The normalized spacial score (nSPS) is 30.4. The first kappa shape index (κ1) is 19.1. The molecule has 2 heterocycles. The number of rotatable bonds is 3. The first-order valence-corrected chi connectivity index (χ1v) is 8.69. The SMILES string of the molecule is CC(C)(C)Cc1nnc(C23CC(C4CNC4)(C2)C3)o1.O=C(O)C(F)(F)F. The highest BCUT2D eigenvalue weighted by Gasteiger charge is 2.73. The van der Waals surface area contributed by atoms with Crippen molar-refractivity contribution in [3.8, 4) is 0 Å². The van der Waals surface area contributed by atoms with E-state index in [0.29, 0.717) is 5.41 Å². The fourth-order valence-electron chi connectivity index (χ4n) is 4.24. The van der Waals surface area contributed by atoms with Crippen LogP contribution in [0.25, 0.3) is 0 Å². The Bertz CT molecular complexity index is 670. The van der Waals surface area contributed by atoms with Gasteiger partial charge in [0.25, 0.3) is 0 Å². The van der Waals surface area contributed by atoms with Crippen molar-refractivity contribution in [1.29, 1.82) is 0 Å². The molecule has 1 aromatic rings. The van der Waals surface area contributed by atoms with Crippen LogP contribution in [0.5, 0.6) is 0 Å². The maximum Gasteiger partial charge on any atom is 0.490 e. The van der Waals surface area contributed by atoms with E-state index in [2.05, 4.69) is 36.3 Å². The molecule has 4 fully saturated rings. The third-order valence-corrected chi connectivity index (χ3v) is 5.56. The second kappa shape index (κ2) is 5.94. The zero-order valence-corrected chi connectivity index (χ0v) is 15.1. The molecule has 4 aliphatic rings. The highest BCUT2D eigenvalue weighted by atomic mass is 19.4. The average molecular weight is 375 g/mol. The molecule has 0 aromatic carbocycles. The topological polar surface area (TPSA) is 88.3 Å². The van der Waals surface area contributed by atoms with Gasteiger partial charge in [-0.25, -0.2) is 4.79 Å². The molecule has 9 heteroatoms. The van der Waals surface area contributed by atoms with Gasteiger partial charge in [-0.05, 0) is 49.1 Å². The quantitative estimate of drug-likeness (QED) is 0.845. The number of carbonyl (C=O) groups is 1. The van der Waals surface area contributed by atoms with E-state index >= 15 is 0 Å². The molecule has 146 valence electrons. The highest BCUT2D eigenvalue weighted by molar-refractivity contribution is 5.73. The van der Waals surface area contributed by atoms with Gasteiger partial charge in [0.2, 0.25) is 11.8 Å². The van der Waals surface area contributed by atoms with Gasteiger partial charge in [-0.3, -0.25) is 0 Å². The molecule has 2 bridgehead atoms. The maximum absolute atomic E-state index is 10.6. The van der Waals surface area contributed by atoms with Crippen LogP contribution in [0.4, 0.5) is 13.2 Å². The molecule has 0 atom stereocenters. The van der Waals surface area contributed by atoms with Crippen LogP contribution in [0, 0.1) is 16.7 Å². The van der Waals surface area contributed by atoms with E-state index in [1.165, 1.54) is 32.4 Å². The minimum atomic E-state index is -5.08. The van der Waals surface area contributed by atoms with E-state index in [0.717, 1.165) is 24.1 Å². The summed E-state index contributed by atoms with van der Waals surface area (Å²) in [6.07, 6.45) is -0.371. The molecular formula is C17H24F3N3O3. The predicted octanol–water partition coefficient (Wildman–Crippen LogP) is 2.93. The molecule has 5 rings (SSSR count). The third kappa shape index (κ3) is 3.45. The maximum atomic E-state index is 10.6. The number of halogens is 3. The molecule has 1 aliphatic heterocycles. The smallest absolute Gasteiger partial charge is 0.475 e. The summed E-state index contributed by atoms with van der Waals surface area (Å²) in [7, 11) is 0. The first-order valence-electron chi connectivity index (χ1n) is 8.69. The lowest BCUT2D eigenvalue weighted by Gasteiger charge is -2.73. The number of aliphatic carboxylic acids is 1. The number of hydrogen-bond donors (Lipinski definition) is 2. The summed E-state index contributed by atoms with van der Waals surface area (Å²) in [5.41, 5.74) is 1.10. The van der Waals surface area contributed by atoms with Gasteiger partial charge in [0.1, 0.15) is 0 Å². The van der Waals surface area contributed by atoms with E-state index in [-0.39, 0.29) is 10.8 Å². The van der Waals surface area contributed by atoms with Crippen molar-refractivity contribution in [2.75, 3.05) is 13.1 Å². The third-order valence-electron chi connectivity index (χ3n) is 5.56. The molecule has 1 saturated heterocycles. The summed E-state index contributed by atoms with van der Waals surface area (Å²) in [6.45, 7) is 9.05. The van der Waals surface area contributed by atoms with E-state index < -0.39 is 12.1 Å². The van der Waals surface area contributed by atoms with Crippen molar-refractivity contribution < 1.29 is 27.5 Å². The molecule has 3 saturated carbocycles. The number of nitrogens with zero attached hydrogens (tertiary/aromatic N) is 2. The Morgan fingerprint density at radius 2 is 1.77 bits per heavy atom. The largest absolute Gasteiger partial charge is 0.490 e. The van der Waals surface area contributed by atoms with E-state index in [1.54, 1.807) is 0 Å². The number of alkyl halides is 3. The van der Waals surface area contributed by atoms with Gasteiger partial charge >= 0.3 is 12.1 Å². The number of hydrogen-bond acceptors (Lipinski definition) is 5. The molecule has 3 aliphatic carbocycles. The zero-order chi connectivity index (χ0) is 19.4. The Labute approximate surface area is 149 Å². The van der Waals surface area contributed by atoms with Gasteiger partial charge in [-0.15, -0.1) is 10.2 Å². The van der Waals surface area contributed by atoms with Crippen molar-refractivity contribution in [3.05, 3.63) is 11.8 Å². The van der Waals surface area contributed by atoms with Gasteiger partial charge in [0.05, 0.1) is 5.41 Å². The molecule has 2 N–H and O–H groups in total. The Kier molecular flexibility index (Phi) is 4.37. The lowest BCUT2D eigenvalue weighted by atomic mass is 9.31. The molecule has 6 nitrogen and oxygen atoms in total. The van der Waals surface area contributed by atoms with Gasteiger partial charge in [0, 0.05) is 6.42 Å². The van der Waals surface area contributed by atoms with Crippen molar-refractivity contribution in [2.24, 2.45) is 16.7 Å². The summed E-state index contributed by atoms with van der Waals surface area (Å²) < 4.78 is 37.7. The number of carboxylic acids is 1. The van der Waals surface area contributed by atoms with Crippen molar-refractivity contribution in [3.63, 3.8) is 0 Å². The fourth-order valence-corrected chi connectivity index (χ4v) is 4.24. The summed E-state index contributed by atoms with van der Waals surface area (Å²) in [6, 6.07) is 0. The molecule has 0 amide bonds. The minimum Gasteiger partial charge on any atom is -0.475 e. The molecule has 1 aromatic heterocycles. The molecule has 0 unspecified atom stereocenters. The van der Waals surface area contributed by atoms with Crippen LogP contribution in [0.2, 0.25) is 0 Å². The van der Waals surface area contributed by atoms with Crippen LogP contribution in [-0.4, -0.2) is 40.5 Å². The van der Waals surface area contributed by atoms with Crippen molar-refractivity contribution in [2.45, 2.75) is 58.0 Å². The standard InChI is InChI=1S/C15H23N3O.C2HF3O2/c1-13(2,3)4-11-17-18-12(19-11)15-7-14(8-15,9-15)10-5-16-6-10;3-2(4,5)1(6)7/h10,16H,4-9H2,1-3H3;(H,6,7). The van der Waals surface area contributed by atoms with Gasteiger partial charge in [0.15, 0.2) is 0 Å². The zero-order valence-electron chi connectivity index (χ0n) is 15.1. The van der Waals surface area contributed by atoms with E-state index in [9.17, 15) is 13.2 Å². The lowest BCUT2D eigenvalue weighted by Crippen LogP contribution is -2.72. The van der Waals surface area contributed by atoms with Gasteiger partial charge < -0.3 is 14.8 Å². The second-order valence-electron chi connectivity index (χ2n) is 9.07. The summed E-state index contributed by atoms with van der Waals surface area (Å²) in [4.78, 5) is 8.90. The van der Waals surface area contributed by atoms with Crippen LogP contribution in [0.3, 0.4) is 0 Å². The highest BCUT2D eigenvalue weighted by Crippen LogP contribution is 2.76. The van der Waals surface area contributed by atoms with Gasteiger partial charge in [-0.2, -0.15) is 13.2 Å². The lowest BCUT2D eigenvalue weighted by molar-refractivity contribution is -0.201. The number of nitrogens with one attached hydrogen (secondary N) is 1. The predicted molar refractivity (Wildman–Crippen MR) is 85.5 cm³/mol. The van der Waals surface area contributed by atoms with E-state index in [4.69, 9.17) is 14.3 Å². The van der Waals surface area contributed by atoms with Crippen LogP contribution in [0.15, 0.2) is 4.42 Å². The fraction of sp³-hybridized carbons (Fsp3) is 0.824. The van der Waals surface area contributed by atoms with Crippen LogP contribution >= 0.6 is 0 Å². The Balaban J connectivity index is 0.000000242. The van der Waals surface area contributed by atoms with Crippen LogP contribution < -0.4 is 5.32 Å². The molecule has 0 spiro atoms. The minimum absolute atomic E-state index is 0.210. The number of aromatic nitrogens is 2. The van der Waals surface area contributed by atoms with Crippen LogP contribution in [0.1, 0.15) is 51.8 Å². The Morgan fingerprint density at radius 3 is 2.15 bits per heavy atom. The van der Waals surface area contributed by atoms with Gasteiger partial charge in [-0.1, -0.05) is 20.8 Å². The summed E-state index contributed by atoms with van der Waals surface area (Å²) >= 11 is 0. The summed E-state index contributed by atoms with van der Waals surface area (Å²) in [5.74, 6) is -0.119. The summed E-state index contributed by atoms with van der Waals surface area (Å²) in [5, 5.41) is 19.1. The molecular weight excluding hydrogens is 351 g/mol. The van der Waals surface area contributed by atoms with E-state index in [1.807, 2.05) is 0 Å². The van der Waals surface area contributed by atoms with Crippen molar-refractivity contribution >= 4 is 5.97 Å². The molecule has 0 radical (unpaired) electrons. The molecule has 26 heavy (non-hydrogen) atoms. The first-order chi connectivity index (χ1) is 11.9. The monoisotopic (exact) mass is 375 g/mol. The van der Waals surface area contributed by atoms with Crippen LogP contribution in [-0.2, 0) is 16.6 Å². The Morgan fingerprint density at radius 1 is 1.23 bits per heavy atom. The van der Waals surface area contributed by atoms with Crippen molar-refractivity contribution in [1.82, 2.24) is 15.5 Å². The Hall–Kier alpha value is -1.64.